The van der Waals surface area contributed by atoms with Crippen molar-refractivity contribution < 1.29 is 9.53 Å². The normalized spacial score (nSPS) is 17.1. The number of carbonyl (C=O) groups is 1. The van der Waals surface area contributed by atoms with Gasteiger partial charge < -0.3 is 9.72 Å². The SMILES string of the molecule is O=C1OCCN1c1cnc[nH]1. The Bertz CT molecular complexity index is 257. The summed E-state index contributed by atoms with van der Waals surface area (Å²) in [7, 11) is 0. The van der Waals surface area contributed by atoms with Gasteiger partial charge in [-0.15, -0.1) is 0 Å². The Morgan fingerprint density at radius 3 is 3.18 bits per heavy atom. The zero-order chi connectivity index (χ0) is 7.68. The second-order valence-corrected chi connectivity index (χ2v) is 2.20. The number of H-pyrrole nitrogens is 1. The van der Waals surface area contributed by atoms with Gasteiger partial charge in [-0.05, 0) is 0 Å². The summed E-state index contributed by atoms with van der Waals surface area (Å²) >= 11 is 0. The summed E-state index contributed by atoms with van der Waals surface area (Å²) in [5.41, 5.74) is 0. The second-order valence-electron chi connectivity index (χ2n) is 2.20. The number of aromatic nitrogens is 2. The Kier molecular flexibility index (Phi) is 1.28. The number of hydrogen-bond acceptors (Lipinski definition) is 3. The number of aromatic amines is 1. The molecule has 1 fully saturated rings. The lowest BCUT2D eigenvalue weighted by Gasteiger charge is -2.07. The van der Waals surface area contributed by atoms with Crippen LogP contribution in [-0.2, 0) is 4.74 Å². The Balaban J connectivity index is 2.23. The fraction of sp³-hybridized carbons (Fsp3) is 0.333. The van der Waals surface area contributed by atoms with Crippen molar-refractivity contribution in [1.82, 2.24) is 9.97 Å². The van der Waals surface area contributed by atoms with Crippen molar-refractivity contribution in [2.75, 3.05) is 18.1 Å². The zero-order valence-corrected chi connectivity index (χ0v) is 5.78. The standard InChI is InChI=1S/C6H7N3O2/c10-6-9(1-2-11-6)5-3-7-4-8-5/h3-4H,1-2H2,(H,7,8). The van der Waals surface area contributed by atoms with Gasteiger partial charge in [0.15, 0.2) is 0 Å². The molecule has 0 aliphatic carbocycles. The molecule has 5 heteroatoms. The van der Waals surface area contributed by atoms with Gasteiger partial charge >= 0.3 is 6.09 Å². The van der Waals surface area contributed by atoms with Crippen LogP contribution in [0.25, 0.3) is 0 Å². The van der Waals surface area contributed by atoms with Crippen molar-refractivity contribution in [2.45, 2.75) is 0 Å². The summed E-state index contributed by atoms with van der Waals surface area (Å²) in [5, 5.41) is 0. The molecule has 0 atom stereocenters. The second kappa shape index (κ2) is 2.26. The summed E-state index contributed by atoms with van der Waals surface area (Å²) in [4.78, 5) is 19.1. The molecule has 2 heterocycles. The average Bonchev–Trinajstić information content (AvgIpc) is 2.55. The van der Waals surface area contributed by atoms with Gasteiger partial charge in [0.2, 0.25) is 0 Å². The molecule has 0 radical (unpaired) electrons. The van der Waals surface area contributed by atoms with E-state index in [9.17, 15) is 4.79 Å². The Labute approximate surface area is 63.0 Å². The highest BCUT2D eigenvalue weighted by Gasteiger charge is 2.23. The third-order valence-electron chi connectivity index (χ3n) is 1.54. The van der Waals surface area contributed by atoms with Crippen molar-refractivity contribution >= 4 is 11.9 Å². The lowest BCUT2D eigenvalue weighted by Crippen LogP contribution is -2.23. The minimum absolute atomic E-state index is 0.311. The van der Waals surface area contributed by atoms with Crippen molar-refractivity contribution in [2.24, 2.45) is 0 Å². The van der Waals surface area contributed by atoms with Crippen LogP contribution in [0.2, 0.25) is 0 Å². The predicted octanol–water partition coefficient (Wildman–Crippen LogP) is 0.366. The molecule has 5 nitrogen and oxygen atoms in total. The first-order valence-corrected chi connectivity index (χ1v) is 3.30. The van der Waals surface area contributed by atoms with E-state index in [1.165, 1.54) is 11.2 Å². The minimum Gasteiger partial charge on any atom is -0.447 e. The number of ether oxygens (including phenoxy) is 1. The molecule has 0 saturated carbocycles. The quantitative estimate of drug-likeness (QED) is 0.634. The Hall–Kier alpha value is -1.52. The highest BCUT2D eigenvalue weighted by molar-refractivity contribution is 5.87. The third kappa shape index (κ3) is 0.938. The van der Waals surface area contributed by atoms with Crippen LogP contribution in [0.4, 0.5) is 10.6 Å². The van der Waals surface area contributed by atoms with Gasteiger partial charge in [0.25, 0.3) is 0 Å². The first-order valence-electron chi connectivity index (χ1n) is 3.30. The van der Waals surface area contributed by atoms with Crippen LogP contribution in [0.5, 0.6) is 0 Å². The first-order chi connectivity index (χ1) is 5.38. The molecule has 1 N–H and O–H groups in total. The maximum Gasteiger partial charge on any atom is 0.415 e. The van der Waals surface area contributed by atoms with E-state index in [0.717, 1.165) is 0 Å². The Morgan fingerprint density at radius 2 is 2.64 bits per heavy atom. The Morgan fingerprint density at radius 1 is 1.73 bits per heavy atom. The lowest BCUT2D eigenvalue weighted by molar-refractivity contribution is 0.181. The van der Waals surface area contributed by atoms with E-state index >= 15 is 0 Å². The molecular weight excluding hydrogens is 146 g/mol. The van der Waals surface area contributed by atoms with E-state index in [-0.39, 0.29) is 6.09 Å². The van der Waals surface area contributed by atoms with E-state index in [0.29, 0.717) is 19.0 Å². The number of imidazole rings is 1. The van der Waals surface area contributed by atoms with Crippen molar-refractivity contribution in [3.8, 4) is 0 Å². The number of nitrogens with zero attached hydrogens (tertiary/aromatic N) is 2. The summed E-state index contributed by atoms with van der Waals surface area (Å²) in [5.74, 6) is 0.688. The van der Waals surface area contributed by atoms with Gasteiger partial charge in [-0.25, -0.2) is 9.78 Å². The number of rotatable bonds is 1. The molecule has 0 unspecified atom stereocenters. The van der Waals surface area contributed by atoms with Crippen LogP contribution in [0, 0.1) is 0 Å². The predicted molar refractivity (Wildman–Crippen MR) is 37.3 cm³/mol. The van der Waals surface area contributed by atoms with Gasteiger partial charge in [0.1, 0.15) is 12.4 Å². The first kappa shape index (κ1) is 6.21. The largest absolute Gasteiger partial charge is 0.447 e. The number of nitrogens with one attached hydrogen (secondary N) is 1. The molecular formula is C6H7N3O2. The molecule has 1 saturated heterocycles. The van der Waals surface area contributed by atoms with Crippen LogP contribution in [-0.4, -0.2) is 29.2 Å². The van der Waals surface area contributed by atoms with Crippen LogP contribution in [0.15, 0.2) is 12.5 Å². The van der Waals surface area contributed by atoms with Crippen molar-refractivity contribution in [3.63, 3.8) is 0 Å². The van der Waals surface area contributed by atoms with E-state index in [1.807, 2.05) is 0 Å². The van der Waals surface area contributed by atoms with Crippen LogP contribution in [0.3, 0.4) is 0 Å². The van der Waals surface area contributed by atoms with Gasteiger partial charge in [-0.1, -0.05) is 0 Å². The summed E-state index contributed by atoms with van der Waals surface area (Å²) in [6, 6.07) is 0. The summed E-state index contributed by atoms with van der Waals surface area (Å²) in [6.45, 7) is 1.05. The van der Waals surface area contributed by atoms with Crippen molar-refractivity contribution in [1.29, 1.82) is 0 Å². The van der Waals surface area contributed by atoms with E-state index in [2.05, 4.69) is 9.97 Å². The zero-order valence-electron chi connectivity index (χ0n) is 5.78. The smallest absolute Gasteiger partial charge is 0.415 e. The maximum absolute atomic E-state index is 10.9. The minimum atomic E-state index is -0.311. The third-order valence-corrected chi connectivity index (χ3v) is 1.54. The highest BCUT2D eigenvalue weighted by Crippen LogP contribution is 2.13. The fourth-order valence-corrected chi connectivity index (χ4v) is 1.01. The molecule has 11 heavy (non-hydrogen) atoms. The molecule has 2 rings (SSSR count). The van der Waals surface area contributed by atoms with E-state index < -0.39 is 0 Å². The molecule has 1 amide bonds. The number of hydrogen-bond donors (Lipinski definition) is 1. The van der Waals surface area contributed by atoms with Crippen molar-refractivity contribution in [3.05, 3.63) is 12.5 Å². The number of amides is 1. The number of cyclic esters (lactones) is 1. The molecule has 0 bridgehead atoms. The molecule has 0 aromatic carbocycles. The lowest BCUT2D eigenvalue weighted by atomic mass is 10.6. The van der Waals surface area contributed by atoms with E-state index in [1.54, 1.807) is 6.20 Å². The summed E-state index contributed by atoms with van der Waals surface area (Å²) < 4.78 is 4.73. The monoisotopic (exact) mass is 153 g/mol. The molecule has 1 aliphatic rings. The van der Waals surface area contributed by atoms with Gasteiger partial charge in [0.05, 0.1) is 19.1 Å². The fourth-order valence-electron chi connectivity index (χ4n) is 1.01. The van der Waals surface area contributed by atoms with Crippen LogP contribution >= 0.6 is 0 Å². The molecule has 1 aromatic rings. The number of anilines is 1. The van der Waals surface area contributed by atoms with Gasteiger partial charge in [0, 0.05) is 0 Å². The summed E-state index contributed by atoms with van der Waals surface area (Å²) in [6.07, 6.45) is 2.81. The topological polar surface area (TPSA) is 58.2 Å². The molecule has 1 aliphatic heterocycles. The molecule has 1 aromatic heterocycles. The highest BCUT2D eigenvalue weighted by atomic mass is 16.6. The average molecular weight is 153 g/mol. The molecule has 58 valence electrons. The van der Waals surface area contributed by atoms with Crippen LogP contribution in [0.1, 0.15) is 0 Å². The maximum atomic E-state index is 10.9. The van der Waals surface area contributed by atoms with Crippen LogP contribution < -0.4 is 4.90 Å². The van der Waals surface area contributed by atoms with Gasteiger partial charge in [-0.3, -0.25) is 4.90 Å². The number of carbonyl (C=O) groups excluding carboxylic acids is 1. The molecule has 0 spiro atoms. The van der Waals surface area contributed by atoms with Gasteiger partial charge in [-0.2, -0.15) is 0 Å². The van der Waals surface area contributed by atoms with E-state index in [4.69, 9.17) is 4.74 Å².